The lowest BCUT2D eigenvalue weighted by atomic mass is 10.00. The summed E-state index contributed by atoms with van der Waals surface area (Å²) in [6.45, 7) is 9.54. The van der Waals surface area contributed by atoms with E-state index in [4.69, 9.17) is 9.47 Å². The topological polar surface area (TPSA) is 72.7 Å². The van der Waals surface area contributed by atoms with Crippen molar-refractivity contribution < 1.29 is 14.3 Å². The number of piperidine rings is 1. The van der Waals surface area contributed by atoms with Gasteiger partial charge in [-0.1, -0.05) is 11.3 Å². The molecule has 8 nitrogen and oxygen atoms in total. The molecule has 4 rings (SSSR count). The number of amides is 1. The van der Waals surface area contributed by atoms with E-state index in [2.05, 4.69) is 41.2 Å². The molecule has 1 amide bonds. The summed E-state index contributed by atoms with van der Waals surface area (Å²) in [5, 5.41) is 8.47. The number of morpholine rings is 1. The van der Waals surface area contributed by atoms with Gasteiger partial charge in [0.25, 0.3) is 5.91 Å². The summed E-state index contributed by atoms with van der Waals surface area (Å²) in [6, 6.07) is 4.46. The molecule has 2 aliphatic rings. The Hall–Kier alpha value is -2.45. The first kappa shape index (κ1) is 20.8. The van der Waals surface area contributed by atoms with Crippen LogP contribution in [0.5, 0.6) is 5.75 Å². The first-order valence-electron chi connectivity index (χ1n) is 10.7. The average molecular weight is 414 g/mol. The van der Waals surface area contributed by atoms with Crippen LogP contribution in [0.25, 0.3) is 0 Å². The molecule has 0 unspecified atom stereocenters. The van der Waals surface area contributed by atoms with Crippen LogP contribution < -0.4 is 4.74 Å². The molecule has 1 atom stereocenters. The third-order valence-electron chi connectivity index (χ3n) is 6.35. The smallest absolute Gasteiger partial charge is 0.276 e. The SMILES string of the molecule is COc1ccc(CN2CCC[C@@H](n3cc(C(=O)N4CCOCC4)nn3)C2)c(C)c1C. The fraction of sp³-hybridized carbons (Fsp3) is 0.591. The number of benzene rings is 1. The van der Waals surface area contributed by atoms with Crippen molar-refractivity contribution in [3.63, 3.8) is 0 Å². The Kier molecular flexibility index (Phi) is 6.34. The van der Waals surface area contributed by atoms with E-state index < -0.39 is 0 Å². The van der Waals surface area contributed by atoms with Gasteiger partial charge in [0.1, 0.15) is 5.75 Å². The van der Waals surface area contributed by atoms with Gasteiger partial charge in [-0.05, 0) is 56.0 Å². The number of ether oxygens (including phenoxy) is 2. The lowest BCUT2D eigenvalue weighted by Crippen LogP contribution is -2.40. The highest BCUT2D eigenvalue weighted by molar-refractivity contribution is 5.92. The Morgan fingerprint density at radius 3 is 2.77 bits per heavy atom. The molecule has 30 heavy (non-hydrogen) atoms. The van der Waals surface area contributed by atoms with Crippen LogP contribution in [0.3, 0.4) is 0 Å². The fourth-order valence-electron chi connectivity index (χ4n) is 4.36. The second kappa shape index (κ2) is 9.14. The second-order valence-electron chi connectivity index (χ2n) is 8.20. The lowest BCUT2D eigenvalue weighted by Gasteiger charge is -2.33. The standard InChI is InChI=1S/C22H31N5O3/c1-16-17(2)21(29-3)7-6-18(16)13-25-8-4-5-19(14-25)27-15-20(23-24-27)22(28)26-9-11-30-12-10-26/h6-7,15,19H,4-5,8-14H2,1-3H3/t19-/m1/s1. The van der Waals surface area contributed by atoms with Crippen LogP contribution in [0.1, 0.15) is 46.1 Å². The number of hydrogen-bond acceptors (Lipinski definition) is 6. The number of carbonyl (C=O) groups is 1. The van der Waals surface area contributed by atoms with Crippen LogP contribution in [-0.4, -0.2) is 77.2 Å². The van der Waals surface area contributed by atoms with Crippen molar-refractivity contribution in [3.8, 4) is 5.75 Å². The van der Waals surface area contributed by atoms with Crippen molar-refractivity contribution in [1.82, 2.24) is 24.8 Å². The monoisotopic (exact) mass is 413 g/mol. The Bertz CT molecular complexity index is 891. The zero-order chi connectivity index (χ0) is 21.1. The second-order valence-corrected chi connectivity index (χ2v) is 8.20. The Labute approximate surface area is 177 Å². The van der Waals surface area contributed by atoms with Gasteiger partial charge >= 0.3 is 0 Å². The number of nitrogens with zero attached hydrogens (tertiary/aromatic N) is 5. The highest BCUT2D eigenvalue weighted by atomic mass is 16.5. The molecule has 3 heterocycles. The van der Waals surface area contributed by atoms with Gasteiger partial charge in [0.15, 0.2) is 5.69 Å². The summed E-state index contributed by atoms with van der Waals surface area (Å²) in [6.07, 6.45) is 3.96. The summed E-state index contributed by atoms with van der Waals surface area (Å²) in [5.41, 5.74) is 4.24. The Morgan fingerprint density at radius 1 is 1.20 bits per heavy atom. The van der Waals surface area contributed by atoms with Crippen LogP contribution in [0.2, 0.25) is 0 Å². The summed E-state index contributed by atoms with van der Waals surface area (Å²) >= 11 is 0. The van der Waals surface area contributed by atoms with Gasteiger partial charge in [-0.15, -0.1) is 5.10 Å². The predicted octanol–water partition coefficient (Wildman–Crippen LogP) is 2.21. The fourth-order valence-corrected chi connectivity index (χ4v) is 4.36. The Balaban J connectivity index is 1.41. The first-order chi connectivity index (χ1) is 14.6. The molecule has 0 saturated carbocycles. The van der Waals surface area contributed by atoms with Crippen LogP contribution in [0.4, 0.5) is 0 Å². The van der Waals surface area contributed by atoms with Crippen LogP contribution >= 0.6 is 0 Å². The van der Waals surface area contributed by atoms with E-state index >= 15 is 0 Å². The van der Waals surface area contributed by atoms with Gasteiger partial charge in [-0.25, -0.2) is 4.68 Å². The Morgan fingerprint density at radius 2 is 2.00 bits per heavy atom. The molecule has 0 bridgehead atoms. The first-order valence-corrected chi connectivity index (χ1v) is 10.7. The number of methoxy groups -OCH3 is 1. The van der Waals surface area contributed by atoms with Crippen LogP contribution in [0, 0.1) is 13.8 Å². The maximum Gasteiger partial charge on any atom is 0.276 e. The highest BCUT2D eigenvalue weighted by Crippen LogP contribution is 2.27. The van der Waals surface area contributed by atoms with Crippen molar-refractivity contribution in [3.05, 3.63) is 40.7 Å². The minimum absolute atomic E-state index is 0.0541. The molecule has 0 radical (unpaired) electrons. The maximum absolute atomic E-state index is 12.7. The molecule has 8 heteroatoms. The summed E-state index contributed by atoms with van der Waals surface area (Å²) in [7, 11) is 1.72. The summed E-state index contributed by atoms with van der Waals surface area (Å²) < 4.78 is 12.6. The van der Waals surface area contributed by atoms with Gasteiger partial charge in [-0.2, -0.15) is 0 Å². The average Bonchev–Trinajstić information content (AvgIpc) is 3.28. The molecule has 2 saturated heterocycles. The number of hydrogen-bond donors (Lipinski definition) is 0. The van der Waals surface area contributed by atoms with Gasteiger partial charge in [0.05, 0.1) is 32.6 Å². The van der Waals surface area contributed by atoms with E-state index in [1.807, 2.05) is 10.9 Å². The number of carbonyl (C=O) groups excluding carboxylic acids is 1. The minimum atomic E-state index is -0.0541. The quantitative estimate of drug-likeness (QED) is 0.748. The molecule has 0 spiro atoms. The molecule has 162 valence electrons. The predicted molar refractivity (Wildman–Crippen MR) is 113 cm³/mol. The third kappa shape index (κ3) is 4.34. The normalized spacial score (nSPS) is 20.4. The van der Waals surface area contributed by atoms with E-state index in [9.17, 15) is 4.79 Å². The molecule has 0 aliphatic carbocycles. The molecule has 2 aliphatic heterocycles. The maximum atomic E-state index is 12.7. The van der Waals surface area contributed by atoms with Crippen molar-refractivity contribution in [2.75, 3.05) is 46.5 Å². The van der Waals surface area contributed by atoms with E-state index in [-0.39, 0.29) is 11.9 Å². The van der Waals surface area contributed by atoms with Crippen LogP contribution in [-0.2, 0) is 11.3 Å². The molecule has 0 N–H and O–H groups in total. The van der Waals surface area contributed by atoms with E-state index in [1.54, 1.807) is 12.0 Å². The van der Waals surface area contributed by atoms with E-state index in [1.165, 1.54) is 16.7 Å². The van der Waals surface area contributed by atoms with Gasteiger partial charge in [0, 0.05) is 26.2 Å². The molecule has 2 aromatic rings. The molecule has 1 aromatic carbocycles. The van der Waals surface area contributed by atoms with Crippen molar-refractivity contribution in [2.45, 2.75) is 39.3 Å². The molecular weight excluding hydrogens is 382 g/mol. The van der Waals surface area contributed by atoms with E-state index in [0.29, 0.717) is 32.0 Å². The molecule has 1 aromatic heterocycles. The zero-order valence-electron chi connectivity index (χ0n) is 18.1. The third-order valence-corrected chi connectivity index (χ3v) is 6.35. The number of likely N-dealkylation sites (tertiary alicyclic amines) is 1. The largest absolute Gasteiger partial charge is 0.496 e. The van der Waals surface area contributed by atoms with Crippen molar-refractivity contribution in [2.24, 2.45) is 0 Å². The summed E-state index contributed by atoms with van der Waals surface area (Å²) in [5.74, 6) is 0.884. The van der Waals surface area contributed by atoms with Gasteiger partial charge < -0.3 is 14.4 Å². The lowest BCUT2D eigenvalue weighted by molar-refractivity contribution is 0.0299. The molecule has 2 fully saturated rings. The molecular formula is C22H31N5O3. The van der Waals surface area contributed by atoms with Crippen LogP contribution in [0.15, 0.2) is 18.3 Å². The van der Waals surface area contributed by atoms with E-state index in [0.717, 1.165) is 38.2 Å². The summed E-state index contributed by atoms with van der Waals surface area (Å²) in [4.78, 5) is 16.9. The van der Waals surface area contributed by atoms with Gasteiger partial charge in [-0.3, -0.25) is 9.69 Å². The van der Waals surface area contributed by atoms with Crippen molar-refractivity contribution in [1.29, 1.82) is 0 Å². The van der Waals surface area contributed by atoms with Crippen molar-refractivity contribution >= 4 is 5.91 Å². The minimum Gasteiger partial charge on any atom is -0.496 e. The number of rotatable bonds is 5. The highest BCUT2D eigenvalue weighted by Gasteiger charge is 2.26. The van der Waals surface area contributed by atoms with Gasteiger partial charge in [0.2, 0.25) is 0 Å². The number of aromatic nitrogens is 3. The zero-order valence-corrected chi connectivity index (χ0v) is 18.1.